The van der Waals surface area contributed by atoms with Gasteiger partial charge in [0.25, 0.3) is 10.0 Å². The summed E-state index contributed by atoms with van der Waals surface area (Å²) in [7, 11) is -2.10. The van der Waals surface area contributed by atoms with Gasteiger partial charge in [-0.05, 0) is 42.0 Å². The van der Waals surface area contributed by atoms with Crippen LogP contribution in [0.3, 0.4) is 0 Å². The molecule has 0 amide bonds. The third-order valence-electron chi connectivity index (χ3n) is 6.08. The molecule has 0 bridgehead atoms. The van der Waals surface area contributed by atoms with Crippen molar-refractivity contribution >= 4 is 33.1 Å². The molecule has 4 aromatic rings. The van der Waals surface area contributed by atoms with Gasteiger partial charge in [0.05, 0.1) is 4.90 Å². The molecule has 0 radical (unpaired) electrons. The third kappa shape index (κ3) is 5.05. The summed E-state index contributed by atoms with van der Waals surface area (Å²) >= 11 is 0. The van der Waals surface area contributed by atoms with Crippen molar-refractivity contribution in [2.24, 2.45) is 0 Å². The van der Waals surface area contributed by atoms with E-state index in [1.807, 2.05) is 30.3 Å². The van der Waals surface area contributed by atoms with E-state index in [2.05, 4.69) is 15.0 Å². The lowest BCUT2D eigenvalue weighted by Gasteiger charge is -2.29. The third-order valence-corrected chi connectivity index (χ3v) is 7.45. The number of Topliss-reactive ketones (excluding diaryl/α,β-unsaturated/α-hetero) is 2. The largest absolute Gasteiger partial charge is 0.365 e. The van der Waals surface area contributed by atoms with Gasteiger partial charge in [-0.25, -0.2) is 13.4 Å². The van der Waals surface area contributed by atoms with Crippen molar-refractivity contribution in [3.05, 3.63) is 131 Å². The Morgan fingerprint density at radius 2 is 1.39 bits per heavy atom. The van der Waals surface area contributed by atoms with Crippen LogP contribution in [-0.2, 0) is 16.6 Å². The summed E-state index contributed by atoms with van der Waals surface area (Å²) in [6, 6.07) is 27.2. The molecule has 0 saturated heterocycles. The van der Waals surface area contributed by atoms with Gasteiger partial charge in [-0.1, -0.05) is 60.7 Å². The molecule has 2 N–H and O–H groups in total. The molecule has 1 aromatic heterocycles. The minimum absolute atomic E-state index is 0.0282. The zero-order valence-electron chi connectivity index (χ0n) is 20.5. The Morgan fingerprint density at radius 1 is 0.763 bits per heavy atom. The Labute approximate surface area is 220 Å². The monoisotopic (exact) mass is 524 g/mol. The van der Waals surface area contributed by atoms with Crippen LogP contribution in [0.25, 0.3) is 0 Å². The summed E-state index contributed by atoms with van der Waals surface area (Å²) in [5.41, 5.74) is 2.48. The second-order valence-electron chi connectivity index (χ2n) is 8.74. The summed E-state index contributed by atoms with van der Waals surface area (Å²) in [5, 5.41) is 3.09. The SMILES string of the molecule is CN(Cc1ccccc1)C1=C(Nc2ccc(S(=O)(=O)Nc3ccccn3)cc2)C(=O)c2ccccc2C1=O. The molecule has 0 spiro atoms. The number of nitrogens with zero attached hydrogens (tertiary/aromatic N) is 2. The first-order valence-corrected chi connectivity index (χ1v) is 13.3. The van der Waals surface area contributed by atoms with Gasteiger partial charge in [-0.3, -0.25) is 14.3 Å². The standard InChI is InChI=1S/C29H24N4O4S/c1-33(19-20-9-3-2-4-10-20)27-26(28(34)23-11-5-6-12-24(23)29(27)35)31-21-14-16-22(17-15-21)38(36,37)32-25-13-7-8-18-30-25/h2-18,31H,19H2,1H3,(H,30,32). The van der Waals surface area contributed by atoms with Crippen LogP contribution < -0.4 is 10.0 Å². The maximum Gasteiger partial charge on any atom is 0.263 e. The van der Waals surface area contributed by atoms with Gasteiger partial charge in [-0.15, -0.1) is 0 Å². The van der Waals surface area contributed by atoms with Crippen LogP contribution in [-0.4, -0.2) is 36.9 Å². The minimum atomic E-state index is -3.86. The molecule has 190 valence electrons. The lowest BCUT2D eigenvalue weighted by molar-refractivity contribution is 0.0947. The van der Waals surface area contributed by atoms with Gasteiger partial charge in [0, 0.05) is 36.6 Å². The molecular formula is C29H24N4O4S. The number of benzene rings is 3. The van der Waals surface area contributed by atoms with Gasteiger partial charge < -0.3 is 10.2 Å². The van der Waals surface area contributed by atoms with E-state index in [1.54, 1.807) is 66.5 Å². The zero-order valence-corrected chi connectivity index (χ0v) is 21.3. The second-order valence-corrected chi connectivity index (χ2v) is 10.4. The number of nitrogens with one attached hydrogen (secondary N) is 2. The Bertz CT molecular complexity index is 1640. The van der Waals surface area contributed by atoms with E-state index in [-0.39, 0.29) is 33.7 Å². The quantitative estimate of drug-likeness (QED) is 0.343. The predicted molar refractivity (Wildman–Crippen MR) is 145 cm³/mol. The number of anilines is 2. The van der Waals surface area contributed by atoms with Crippen LogP contribution in [0.1, 0.15) is 26.3 Å². The molecule has 3 aromatic carbocycles. The average Bonchev–Trinajstić information content (AvgIpc) is 2.93. The summed E-state index contributed by atoms with van der Waals surface area (Å²) in [4.78, 5) is 32.9. The highest BCUT2D eigenvalue weighted by molar-refractivity contribution is 7.92. The fourth-order valence-corrected chi connectivity index (χ4v) is 5.27. The van der Waals surface area contributed by atoms with Crippen molar-refractivity contribution in [1.82, 2.24) is 9.88 Å². The lowest BCUT2D eigenvalue weighted by atomic mass is 9.89. The van der Waals surface area contributed by atoms with Crippen LogP contribution in [0.4, 0.5) is 11.5 Å². The molecule has 5 rings (SSSR count). The first kappa shape index (κ1) is 24.9. The first-order valence-electron chi connectivity index (χ1n) is 11.8. The maximum atomic E-state index is 13.6. The number of carbonyl (C=O) groups excluding carboxylic acids is 2. The molecule has 1 aliphatic rings. The fourth-order valence-electron chi connectivity index (χ4n) is 4.26. The van der Waals surface area contributed by atoms with Crippen molar-refractivity contribution in [2.45, 2.75) is 11.4 Å². The van der Waals surface area contributed by atoms with Crippen molar-refractivity contribution in [2.75, 3.05) is 17.1 Å². The molecule has 0 unspecified atom stereocenters. The highest BCUT2D eigenvalue weighted by Crippen LogP contribution is 2.30. The Kier molecular flexibility index (Phi) is 6.76. The van der Waals surface area contributed by atoms with Gasteiger partial charge >= 0.3 is 0 Å². The van der Waals surface area contributed by atoms with Gasteiger partial charge in [0.15, 0.2) is 0 Å². The maximum absolute atomic E-state index is 13.6. The van der Waals surface area contributed by atoms with Crippen LogP contribution in [0.2, 0.25) is 0 Å². The summed E-state index contributed by atoms with van der Waals surface area (Å²) < 4.78 is 28.0. The Morgan fingerprint density at radius 3 is 2.05 bits per heavy atom. The highest BCUT2D eigenvalue weighted by atomic mass is 32.2. The average molecular weight is 525 g/mol. The molecule has 9 heteroatoms. The number of aromatic nitrogens is 1. The van der Waals surface area contributed by atoms with E-state index in [1.165, 1.54) is 18.3 Å². The van der Waals surface area contributed by atoms with E-state index in [4.69, 9.17) is 0 Å². The number of rotatable bonds is 8. The zero-order chi connectivity index (χ0) is 26.7. The highest BCUT2D eigenvalue weighted by Gasteiger charge is 2.34. The van der Waals surface area contributed by atoms with E-state index >= 15 is 0 Å². The lowest BCUT2D eigenvalue weighted by Crippen LogP contribution is -2.34. The molecule has 0 atom stereocenters. The number of likely N-dealkylation sites (N-methyl/N-ethyl adjacent to an activating group) is 1. The number of allylic oxidation sites excluding steroid dienone is 2. The molecule has 0 aliphatic heterocycles. The van der Waals surface area contributed by atoms with E-state index in [0.29, 0.717) is 23.4 Å². The normalized spacial score (nSPS) is 13.2. The van der Waals surface area contributed by atoms with Gasteiger partial charge in [0.2, 0.25) is 11.6 Å². The van der Waals surface area contributed by atoms with Crippen molar-refractivity contribution < 1.29 is 18.0 Å². The summed E-state index contributed by atoms with van der Waals surface area (Å²) in [5.74, 6) is -0.376. The Balaban J connectivity index is 1.47. The van der Waals surface area contributed by atoms with Gasteiger partial charge in [-0.2, -0.15) is 0 Å². The first-order chi connectivity index (χ1) is 18.3. The van der Waals surface area contributed by atoms with Crippen molar-refractivity contribution in [1.29, 1.82) is 0 Å². The van der Waals surface area contributed by atoms with Gasteiger partial charge in [0.1, 0.15) is 17.2 Å². The number of pyridine rings is 1. The predicted octanol–water partition coefficient (Wildman–Crippen LogP) is 4.72. The second kappa shape index (κ2) is 10.3. The van der Waals surface area contributed by atoms with Crippen molar-refractivity contribution in [3.63, 3.8) is 0 Å². The number of carbonyl (C=O) groups is 2. The topological polar surface area (TPSA) is 108 Å². The number of ketones is 2. The van der Waals surface area contributed by atoms with Crippen LogP contribution in [0.15, 0.2) is 120 Å². The molecule has 8 nitrogen and oxygen atoms in total. The smallest absolute Gasteiger partial charge is 0.263 e. The fraction of sp³-hybridized carbons (Fsp3) is 0.0690. The molecular weight excluding hydrogens is 500 g/mol. The number of sulfonamides is 1. The summed E-state index contributed by atoms with van der Waals surface area (Å²) in [6.07, 6.45) is 1.49. The van der Waals surface area contributed by atoms with Crippen molar-refractivity contribution in [3.8, 4) is 0 Å². The van der Waals surface area contributed by atoms with Crippen LogP contribution in [0.5, 0.6) is 0 Å². The van der Waals surface area contributed by atoms with Crippen LogP contribution >= 0.6 is 0 Å². The molecule has 0 saturated carbocycles. The number of hydrogen-bond acceptors (Lipinski definition) is 7. The summed E-state index contributed by atoms with van der Waals surface area (Å²) in [6.45, 7) is 0.416. The molecule has 1 aliphatic carbocycles. The van der Waals surface area contributed by atoms with E-state index in [0.717, 1.165) is 5.56 Å². The number of hydrogen-bond donors (Lipinski definition) is 2. The number of fused-ring (bicyclic) bond motifs is 1. The Hall–Kier alpha value is -4.76. The molecule has 0 fully saturated rings. The minimum Gasteiger partial charge on any atom is -0.365 e. The molecule has 1 heterocycles. The molecule has 38 heavy (non-hydrogen) atoms. The van der Waals surface area contributed by atoms with E-state index in [9.17, 15) is 18.0 Å². The van der Waals surface area contributed by atoms with Crippen LogP contribution in [0, 0.1) is 0 Å². The van der Waals surface area contributed by atoms with E-state index < -0.39 is 10.0 Å².